The van der Waals surface area contributed by atoms with E-state index in [1.54, 1.807) is 61.7 Å². The van der Waals surface area contributed by atoms with Gasteiger partial charge in [-0.3, -0.25) is 14.5 Å². The van der Waals surface area contributed by atoms with Gasteiger partial charge >= 0.3 is 5.97 Å². The Morgan fingerprint density at radius 2 is 1.76 bits per heavy atom. The van der Waals surface area contributed by atoms with Gasteiger partial charge in [-0.25, -0.2) is 9.37 Å². The minimum atomic E-state index is -1.08. The molecule has 1 aromatic heterocycles. The zero-order valence-corrected chi connectivity index (χ0v) is 19.0. The molecule has 0 radical (unpaired) electrons. The summed E-state index contributed by atoms with van der Waals surface area (Å²) in [6.07, 6.45) is -1.08. The molecule has 2 heterocycles. The van der Waals surface area contributed by atoms with E-state index < -0.39 is 18.0 Å². The smallest absolute Gasteiger partial charge is 0.304 e. The van der Waals surface area contributed by atoms with Crippen molar-refractivity contribution in [3.8, 4) is 17.0 Å². The Morgan fingerprint density at radius 3 is 2.41 bits per heavy atom. The molecule has 170 valence electrons. The Balaban J connectivity index is 1.81. The fourth-order valence-corrected chi connectivity index (χ4v) is 4.34. The summed E-state index contributed by atoms with van der Waals surface area (Å²) >= 11 is 6.26. The van der Waals surface area contributed by atoms with Crippen molar-refractivity contribution in [2.45, 2.75) is 13.2 Å². The summed E-state index contributed by atoms with van der Waals surface area (Å²) in [6.45, 7) is 1.28. The van der Waals surface area contributed by atoms with E-state index >= 15 is 0 Å². The number of carbonyl (C=O) groups is 2. The first-order valence-electron chi connectivity index (χ1n) is 10.4. The van der Waals surface area contributed by atoms with Crippen molar-refractivity contribution in [3.05, 3.63) is 88.7 Å². The van der Waals surface area contributed by atoms with Gasteiger partial charge < -0.3 is 9.47 Å². The van der Waals surface area contributed by atoms with E-state index in [2.05, 4.69) is 0 Å². The Bertz CT molecular complexity index is 1440. The molecule has 0 bridgehead atoms. The molecular formula is C26H18ClFN2O4. The van der Waals surface area contributed by atoms with Crippen molar-refractivity contribution in [2.24, 2.45) is 0 Å². The van der Waals surface area contributed by atoms with Gasteiger partial charge in [-0.1, -0.05) is 11.6 Å². The van der Waals surface area contributed by atoms with Crippen LogP contribution in [0.25, 0.3) is 22.2 Å². The van der Waals surface area contributed by atoms with Gasteiger partial charge in [0.1, 0.15) is 11.6 Å². The number of ether oxygens (including phenoxy) is 2. The van der Waals surface area contributed by atoms with E-state index in [1.807, 2.05) is 0 Å². The molecule has 0 fully saturated rings. The van der Waals surface area contributed by atoms with Gasteiger partial charge in [0.2, 0.25) is 6.23 Å². The van der Waals surface area contributed by atoms with Crippen LogP contribution in [0.3, 0.4) is 0 Å². The van der Waals surface area contributed by atoms with E-state index in [0.29, 0.717) is 49.7 Å². The molecule has 5 rings (SSSR count). The first-order valence-corrected chi connectivity index (χ1v) is 10.8. The highest BCUT2D eigenvalue weighted by Gasteiger charge is 2.44. The van der Waals surface area contributed by atoms with Crippen LogP contribution in [0.4, 0.5) is 10.1 Å². The fraction of sp³-hybridized carbons (Fsp3) is 0.115. The molecule has 3 aromatic carbocycles. The SMILES string of the molecule is COc1ccc(N2C(=O)c3c(c(-c4ccc(F)cc4)nc4ccc(Cl)cc34)C2OC(C)=O)cc1. The molecule has 6 nitrogen and oxygen atoms in total. The highest BCUT2D eigenvalue weighted by atomic mass is 35.5. The van der Waals surface area contributed by atoms with Crippen molar-refractivity contribution in [2.75, 3.05) is 12.0 Å². The highest BCUT2D eigenvalue weighted by molar-refractivity contribution is 6.32. The van der Waals surface area contributed by atoms with Crippen LogP contribution < -0.4 is 9.64 Å². The van der Waals surface area contributed by atoms with Gasteiger partial charge in [-0.15, -0.1) is 0 Å². The second-order valence-corrected chi connectivity index (χ2v) is 8.19. The molecule has 0 N–H and O–H groups in total. The fourth-order valence-electron chi connectivity index (χ4n) is 4.17. The zero-order chi connectivity index (χ0) is 24.0. The van der Waals surface area contributed by atoms with E-state index in [4.69, 9.17) is 26.1 Å². The summed E-state index contributed by atoms with van der Waals surface area (Å²) in [5.74, 6) is -0.729. The first-order chi connectivity index (χ1) is 16.4. The Morgan fingerprint density at radius 1 is 1.06 bits per heavy atom. The molecule has 0 saturated heterocycles. The van der Waals surface area contributed by atoms with E-state index in [-0.39, 0.29) is 5.91 Å². The van der Waals surface area contributed by atoms with Gasteiger partial charge in [-0.05, 0) is 66.7 Å². The summed E-state index contributed by atoms with van der Waals surface area (Å²) in [4.78, 5) is 32.2. The minimum absolute atomic E-state index is 0.328. The first kappa shape index (κ1) is 21.9. The number of aromatic nitrogens is 1. The highest BCUT2D eigenvalue weighted by Crippen LogP contribution is 2.46. The van der Waals surface area contributed by atoms with Crippen molar-refractivity contribution in [3.63, 3.8) is 0 Å². The average Bonchev–Trinajstić information content (AvgIpc) is 3.11. The summed E-state index contributed by atoms with van der Waals surface area (Å²) in [5.41, 5.74) is 2.78. The lowest BCUT2D eigenvalue weighted by molar-refractivity contribution is -0.146. The van der Waals surface area contributed by atoms with E-state index in [1.165, 1.54) is 24.0 Å². The van der Waals surface area contributed by atoms with Gasteiger partial charge in [0.15, 0.2) is 0 Å². The molecule has 1 amide bonds. The van der Waals surface area contributed by atoms with E-state index in [0.717, 1.165) is 0 Å². The number of halogens is 2. The third kappa shape index (κ3) is 3.64. The van der Waals surface area contributed by atoms with Crippen LogP contribution in [0.1, 0.15) is 29.1 Å². The van der Waals surface area contributed by atoms with E-state index in [9.17, 15) is 14.0 Å². The molecular weight excluding hydrogens is 459 g/mol. The van der Waals surface area contributed by atoms with Crippen LogP contribution in [0.5, 0.6) is 5.75 Å². The lowest BCUT2D eigenvalue weighted by Crippen LogP contribution is -2.30. The van der Waals surface area contributed by atoms with Gasteiger partial charge in [0, 0.05) is 28.6 Å². The van der Waals surface area contributed by atoms with Crippen LogP contribution >= 0.6 is 11.6 Å². The quantitative estimate of drug-likeness (QED) is 0.342. The Kier molecular flexibility index (Phi) is 5.42. The molecule has 0 spiro atoms. The molecule has 0 saturated carbocycles. The number of hydrogen-bond acceptors (Lipinski definition) is 5. The average molecular weight is 477 g/mol. The van der Waals surface area contributed by atoms with Crippen molar-refractivity contribution in [1.82, 2.24) is 4.98 Å². The predicted octanol–water partition coefficient (Wildman–Crippen LogP) is 5.93. The molecule has 4 aromatic rings. The number of nitrogens with zero attached hydrogens (tertiary/aromatic N) is 2. The largest absolute Gasteiger partial charge is 0.497 e. The number of esters is 1. The zero-order valence-electron chi connectivity index (χ0n) is 18.2. The second-order valence-electron chi connectivity index (χ2n) is 7.75. The van der Waals surface area contributed by atoms with Gasteiger partial charge in [0.05, 0.1) is 29.4 Å². The van der Waals surface area contributed by atoms with Gasteiger partial charge in [-0.2, -0.15) is 0 Å². The molecule has 8 heteroatoms. The monoisotopic (exact) mass is 476 g/mol. The normalized spacial score (nSPS) is 14.9. The maximum Gasteiger partial charge on any atom is 0.304 e. The van der Waals surface area contributed by atoms with Crippen LogP contribution in [0.2, 0.25) is 5.02 Å². The van der Waals surface area contributed by atoms with Crippen LogP contribution in [0.15, 0.2) is 66.7 Å². The predicted molar refractivity (Wildman–Crippen MR) is 126 cm³/mol. The number of rotatable bonds is 4. The number of benzene rings is 3. The molecule has 1 unspecified atom stereocenters. The molecule has 1 aliphatic heterocycles. The maximum atomic E-state index is 13.9. The number of methoxy groups -OCH3 is 1. The molecule has 1 aliphatic rings. The van der Waals surface area contributed by atoms with Crippen LogP contribution in [0, 0.1) is 5.82 Å². The number of anilines is 1. The molecule has 1 atom stereocenters. The second kappa shape index (κ2) is 8.43. The number of amides is 1. The minimum Gasteiger partial charge on any atom is -0.497 e. The Labute approximate surface area is 199 Å². The standard InChI is InChI=1S/C26H18ClFN2O4/c1-14(31)34-26-23-22(25(32)30(26)18-8-10-19(33-2)11-9-18)20-13-16(27)5-12-21(20)29-24(23)15-3-6-17(28)7-4-15/h3-13,26H,1-2H3. The van der Waals surface area contributed by atoms with Crippen molar-refractivity contribution < 1.29 is 23.5 Å². The van der Waals surface area contributed by atoms with Gasteiger partial charge in [0.25, 0.3) is 5.91 Å². The van der Waals surface area contributed by atoms with Crippen molar-refractivity contribution in [1.29, 1.82) is 0 Å². The third-order valence-electron chi connectivity index (χ3n) is 5.64. The Hall–Kier alpha value is -3.97. The summed E-state index contributed by atoms with van der Waals surface area (Å²) in [7, 11) is 1.55. The lowest BCUT2D eigenvalue weighted by Gasteiger charge is -2.25. The third-order valence-corrected chi connectivity index (χ3v) is 5.88. The number of fused-ring (bicyclic) bond motifs is 3. The van der Waals surface area contributed by atoms with Crippen LogP contribution in [-0.2, 0) is 9.53 Å². The summed E-state index contributed by atoms with van der Waals surface area (Å²) in [5, 5.41) is 0.970. The van der Waals surface area contributed by atoms with Crippen molar-refractivity contribution >= 4 is 40.1 Å². The molecule has 34 heavy (non-hydrogen) atoms. The number of pyridine rings is 1. The molecule has 0 aliphatic carbocycles. The maximum absolute atomic E-state index is 13.9. The number of hydrogen-bond donors (Lipinski definition) is 0. The lowest BCUT2D eigenvalue weighted by atomic mass is 9.98. The summed E-state index contributed by atoms with van der Waals surface area (Å²) < 4.78 is 24.6. The number of carbonyl (C=O) groups excluding carboxylic acids is 2. The summed E-state index contributed by atoms with van der Waals surface area (Å²) in [6, 6.07) is 17.7. The van der Waals surface area contributed by atoms with Crippen LogP contribution in [-0.4, -0.2) is 24.0 Å². The topological polar surface area (TPSA) is 68.7 Å².